The van der Waals surface area contributed by atoms with Gasteiger partial charge in [-0.15, -0.1) is 10.2 Å². The van der Waals surface area contributed by atoms with Gasteiger partial charge in [0.25, 0.3) is 0 Å². The number of nitrogens with one attached hydrogen (secondary N) is 3. The number of para-hydroxylation sites is 1. The maximum Gasteiger partial charge on any atom is 0.321 e. The van der Waals surface area contributed by atoms with Crippen LogP contribution in [0, 0.1) is 12.8 Å². The van der Waals surface area contributed by atoms with Crippen molar-refractivity contribution in [2.75, 3.05) is 11.1 Å². The quantitative estimate of drug-likeness (QED) is 0.611. The predicted molar refractivity (Wildman–Crippen MR) is 113 cm³/mol. The Kier molecular flexibility index (Phi) is 7.27. The van der Waals surface area contributed by atoms with E-state index < -0.39 is 6.03 Å². The second kappa shape index (κ2) is 9.88. The lowest BCUT2D eigenvalue weighted by Gasteiger charge is -2.29. The smallest absolute Gasteiger partial charge is 0.321 e. The highest BCUT2D eigenvalue weighted by atomic mass is 32.2. The van der Waals surface area contributed by atoms with Crippen molar-refractivity contribution in [2.24, 2.45) is 5.92 Å². The summed E-state index contributed by atoms with van der Waals surface area (Å²) in [4.78, 5) is 24.1. The molecule has 7 nitrogen and oxygen atoms in total. The number of amides is 3. The molecule has 0 radical (unpaired) electrons. The Hall–Kier alpha value is -2.13. The van der Waals surface area contributed by atoms with E-state index in [0.717, 1.165) is 30.5 Å². The van der Waals surface area contributed by atoms with Crippen LogP contribution in [0.5, 0.6) is 0 Å². The van der Waals surface area contributed by atoms with Gasteiger partial charge in [0.2, 0.25) is 11.0 Å². The highest BCUT2D eigenvalue weighted by molar-refractivity contribution is 8.01. The molecule has 0 aliphatic heterocycles. The molecule has 1 fully saturated rings. The monoisotopic (exact) mass is 419 g/mol. The largest absolute Gasteiger partial charge is 0.335 e. The van der Waals surface area contributed by atoms with Gasteiger partial charge in [0.05, 0.1) is 5.75 Å². The first-order valence-corrected chi connectivity index (χ1v) is 11.2. The molecule has 2 atom stereocenters. The zero-order chi connectivity index (χ0) is 19.9. The van der Waals surface area contributed by atoms with Crippen LogP contribution in [-0.4, -0.2) is 33.9 Å². The van der Waals surface area contributed by atoms with Crippen LogP contribution >= 0.6 is 23.1 Å². The molecule has 1 aromatic carbocycles. The number of anilines is 2. The van der Waals surface area contributed by atoms with Crippen LogP contribution in [0.15, 0.2) is 28.6 Å². The van der Waals surface area contributed by atoms with Crippen LogP contribution in [0.1, 0.15) is 38.2 Å². The molecule has 3 rings (SSSR count). The first-order valence-electron chi connectivity index (χ1n) is 9.40. The van der Waals surface area contributed by atoms with Crippen molar-refractivity contribution in [3.63, 3.8) is 0 Å². The summed E-state index contributed by atoms with van der Waals surface area (Å²) in [6, 6.07) is 7.66. The second-order valence-corrected chi connectivity index (χ2v) is 9.19. The number of benzene rings is 1. The zero-order valence-corrected chi connectivity index (χ0v) is 17.7. The summed E-state index contributed by atoms with van der Waals surface area (Å²) in [6.07, 6.45) is 4.41. The average Bonchev–Trinajstić information content (AvgIpc) is 3.11. The molecule has 1 heterocycles. The first-order chi connectivity index (χ1) is 13.5. The third-order valence-electron chi connectivity index (χ3n) is 4.80. The minimum absolute atomic E-state index is 0.118. The van der Waals surface area contributed by atoms with E-state index in [0.29, 0.717) is 15.4 Å². The number of carbonyl (C=O) groups excluding carboxylic acids is 2. The summed E-state index contributed by atoms with van der Waals surface area (Å²) < 4.78 is 0.674. The fraction of sp³-hybridized carbons (Fsp3) is 0.474. The molecule has 3 amide bonds. The van der Waals surface area contributed by atoms with E-state index in [9.17, 15) is 9.59 Å². The molecular formula is C19H25N5O2S2. The Balaban J connectivity index is 1.43. The van der Waals surface area contributed by atoms with Crippen molar-refractivity contribution < 1.29 is 9.59 Å². The zero-order valence-electron chi connectivity index (χ0n) is 16.0. The van der Waals surface area contributed by atoms with Crippen molar-refractivity contribution in [3.8, 4) is 0 Å². The summed E-state index contributed by atoms with van der Waals surface area (Å²) in [5.74, 6) is 0.228. The molecule has 1 aromatic heterocycles. The van der Waals surface area contributed by atoms with Gasteiger partial charge in [-0.1, -0.05) is 61.1 Å². The molecule has 0 spiro atoms. The molecule has 3 N–H and O–H groups in total. The average molecular weight is 420 g/mol. The minimum atomic E-state index is -0.413. The lowest BCUT2D eigenvalue weighted by molar-refractivity contribution is -0.117. The van der Waals surface area contributed by atoms with E-state index in [1.165, 1.54) is 29.5 Å². The van der Waals surface area contributed by atoms with Crippen LogP contribution in [-0.2, 0) is 4.79 Å². The highest BCUT2D eigenvalue weighted by Gasteiger charge is 2.23. The minimum Gasteiger partial charge on any atom is -0.335 e. The van der Waals surface area contributed by atoms with E-state index in [1.54, 1.807) is 0 Å². The highest BCUT2D eigenvalue weighted by Crippen LogP contribution is 2.28. The van der Waals surface area contributed by atoms with Gasteiger partial charge in [0.1, 0.15) is 0 Å². The van der Waals surface area contributed by atoms with Gasteiger partial charge in [-0.25, -0.2) is 4.79 Å². The molecule has 0 bridgehead atoms. The molecule has 1 aliphatic carbocycles. The number of hydrogen-bond donors (Lipinski definition) is 3. The van der Waals surface area contributed by atoms with E-state index in [-0.39, 0.29) is 17.7 Å². The van der Waals surface area contributed by atoms with Gasteiger partial charge >= 0.3 is 6.03 Å². The normalized spacial score (nSPS) is 19.1. The number of aryl methyl sites for hydroxylation is 1. The summed E-state index contributed by atoms with van der Waals surface area (Å²) in [6.45, 7) is 4.16. The van der Waals surface area contributed by atoms with Gasteiger partial charge in [-0.05, 0) is 37.3 Å². The Morgan fingerprint density at radius 1 is 1.21 bits per heavy atom. The van der Waals surface area contributed by atoms with E-state index in [2.05, 4.69) is 33.1 Å². The van der Waals surface area contributed by atoms with Gasteiger partial charge in [-0.3, -0.25) is 10.1 Å². The fourth-order valence-corrected chi connectivity index (χ4v) is 4.74. The second-order valence-electron chi connectivity index (χ2n) is 6.99. The first kappa shape index (κ1) is 20.6. The van der Waals surface area contributed by atoms with Gasteiger partial charge in [0.15, 0.2) is 4.34 Å². The van der Waals surface area contributed by atoms with E-state index >= 15 is 0 Å². The number of hydrogen-bond acceptors (Lipinski definition) is 7. The SMILES string of the molecule is Cc1ccccc1Nc1nnc(SCC(=O)NC(=O)N[C@@H]2CCCC[C@H]2C)s1. The van der Waals surface area contributed by atoms with Crippen LogP contribution in [0.25, 0.3) is 0 Å². The van der Waals surface area contributed by atoms with Crippen LogP contribution < -0.4 is 16.0 Å². The number of nitrogens with zero attached hydrogens (tertiary/aromatic N) is 2. The molecule has 9 heteroatoms. The van der Waals surface area contributed by atoms with Crippen molar-refractivity contribution in [1.82, 2.24) is 20.8 Å². The van der Waals surface area contributed by atoms with E-state index in [1.807, 2.05) is 31.2 Å². The number of aromatic nitrogens is 2. The Bertz CT molecular complexity index is 826. The molecule has 150 valence electrons. The topological polar surface area (TPSA) is 96.0 Å². The molecule has 0 unspecified atom stereocenters. The summed E-state index contributed by atoms with van der Waals surface area (Å²) in [7, 11) is 0. The standard InChI is InChI=1S/C19H25N5O2S2/c1-12-7-3-5-9-14(12)20-17(26)22-16(25)11-27-19-24-23-18(28-19)21-15-10-6-4-8-13(15)2/h4,6,8,10,12,14H,3,5,7,9,11H2,1-2H3,(H,21,23)(H2,20,22,25,26)/t12-,14-/m1/s1. The van der Waals surface area contributed by atoms with Crippen LogP contribution in [0.2, 0.25) is 0 Å². The predicted octanol–water partition coefficient (Wildman–Crippen LogP) is 4.09. The van der Waals surface area contributed by atoms with Crippen molar-refractivity contribution >= 4 is 45.9 Å². The summed E-state index contributed by atoms with van der Waals surface area (Å²) in [5.41, 5.74) is 2.09. The van der Waals surface area contributed by atoms with Gasteiger partial charge < -0.3 is 10.6 Å². The van der Waals surface area contributed by atoms with Gasteiger partial charge in [-0.2, -0.15) is 0 Å². The maximum absolute atomic E-state index is 12.0. The van der Waals surface area contributed by atoms with Crippen LogP contribution in [0.4, 0.5) is 15.6 Å². The summed E-state index contributed by atoms with van der Waals surface area (Å²) in [5, 5.41) is 17.4. The Labute approximate surface area is 173 Å². The summed E-state index contributed by atoms with van der Waals surface area (Å²) >= 11 is 2.64. The number of imide groups is 1. The maximum atomic E-state index is 12.0. The van der Waals surface area contributed by atoms with Crippen molar-refractivity contribution in [1.29, 1.82) is 0 Å². The number of rotatable bonds is 6. The third kappa shape index (κ3) is 5.93. The molecular weight excluding hydrogens is 394 g/mol. The Morgan fingerprint density at radius 3 is 2.79 bits per heavy atom. The van der Waals surface area contributed by atoms with Gasteiger partial charge in [0, 0.05) is 11.7 Å². The van der Waals surface area contributed by atoms with Crippen LogP contribution in [0.3, 0.4) is 0 Å². The van der Waals surface area contributed by atoms with E-state index in [4.69, 9.17) is 0 Å². The van der Waals surface area contributed by atoms with Crippen molar-refractivity contribution in [2.45, 2.75) is 49.9 Å². The molecule has 0 saturated heterocycles. The lowest BCUT2D eigenvalue weighted by Crippen LogP contribution is -2.48. The Morgan fingerprint density at radius 2 is 2.00 bits per heavy atom. The number of urea groups is 1. The molecule has 28 heavy (non-hydrogen) atoms. The molecule has 1 saturated carbocycles. The lowest BCUT2D eigenvalue weighted by atomic mass is 9.86. The fourth-order valence-electron chi connectivity index (χ4n) is 3.17. The third-order valence-corrected chi connectivity index (χ3v) is 6.77. The number of carbonyl (C=O) groups is 2. The van der Waals surface area contributed by atoms with Crippen molar-refractivity contribution in [3.05, 3.63) is 29.8 Å². The molecule has 1 aliphatic rings. The molecule has 2 aromatic rings. The number of thioether (sulfide) groups is 1.